The van der Waals surface area contributed by atoms with Gasteiger partial charge in [-0.1, -0.05) is 77.5 Å². The second-order valence-corrected chi connectivity index (χ2v) is 8.48. The van der Waals surface area contributed by atoms with Crippen LogP contribution in [0.4, 0.5) is 5.13 Å². The summed E-state index contributed by atoms with van der Waals surface area (Å²) >= 11 is 7.29. The Bertz CT molecular complexity index is 1370. The van der Waals surface area contributed by atoms with Gasteiger partial charge in [0.1, 0.15) is 41.4 Å². The zero-order valence-electron chi connectivity index (χ0n) is 18.3. The van der Waals surface area contributed by atoms with Gasteiger partial charge < -0.3 is 9.47 Å². The predicted octanol–water partition coefficient (Wildman–Crippen LogP) is 5.86. The Balaban J connectivity index is 1.31. The number of anilines is 1. The van der Waals surface area contributed by atoms with E-state index in [1.54, 1.807) is 36.4 Å². The van der Waals surface area contributed by atoms with Crippen molar-refractivity contribution in [3.63, 3.8) is 0 Å². The molecule has 0 aliphatic rings. The van der Waals surface area contributed by atoms with Crippen molar-refractivity contribution in [2.75, 3.05) is 18.5 Å². The minimum atomic E-state index is -0.555. The molecule has 1 heterocycles. The van der Waals surface area contributed by atoms with Crippen LogP contribution in [0.5, 0.6) is 11.5 Å². The fourth-order valence-electron chi connectivity index (χ4n) is 2.98. The Kier molecular flexibility index (Phi) is 8.07. The van der Waals surface area contributed by atoms with Crippen LogP contribution < -0.4 is 14.8 Å². The quantitative estimate of drug-likeness (QED) is 0.175. The molecule has 0 fully saturated rings. The maximum atomic E-state index is 12.6. The van der Waals surface area contributed by atoms with Gasteiger partial charge in [-0.2, -0.15) is 5.26 Å². The molecule has 3 aromatic carbocycles. The lowest BCUT2D eigenvalue weighted by atomic mass is 10.1. The number of halogens is 1. The van der Waals surface area contributed by atoms with Gasteiger partial charge in [0.2, 0.25) is 5.13 Å². The summed E-state index contributed by atoms with van der Waals surface area (Å²) in [5.74, 6) is 0.681. The molecule has 9 heteroatoms. The number of hydrogen-bond acceptors (Lipinski definition) is 7. The van der Waals surface area contributed by atoms with Crippen molar-refractivity contribution >= 4 is 40.1 Å². The number of hydrogen-bond donors (Lipinski definition) is 1. The van der Waals surface area contributed by atoms with Gasteiger partial charge in [-0.05, 0) is 35.9 Å². The molecular formula is C26H19ClN4O3S. The molecule has 4 rings (SSSR count). The summed E-state index contributed by atoms with van der Waals surface area (Å²) in [5.41, 5.74) is 1.53. The maximum Gasteiger partial charge on any atom is 0.268 e. The molecular weight excluding hydrogens is 484 g/mol. The van der Waals surface area contributed by atoms with E-state index in [4.69, 9.17) is 21.1 Å². The van der Waals surface area contributed by atoms with Crippen LogP contribution in [-0.4, -0.2) is 29.3 Å². The summed E-state index contributed by atoms with van der Waals surface area (Å²) in [6, 6.07) is 25.7. The standard InChI is InChI=1S/C26H19ClN4O3S/c27-22-8-4-5-9-23(22)34-15-14-33-21-12-10-18(11-13-21)16-20(17-28)24(32)29-26-31-30-25(35-26)19-6-2-1-3-7-19/h1-13,16H,14-15H2,(H,29,31,32). The van der Waals surface area contributed by atoms with Crippen LogP contribution in [-0.2, 0) is 4.79 Å². The Morgan fingerprint density at radius 2 is 1.69 bits per heavy atom. The number of carbonyl (C=O) groups is 1. The van der Waals surface area contributed by atoms with E-state index >= 15 is 0 Å². The number of nitrogens with zero attached hydrogens (tertiary/aromatic N) is 3. The van der Waals surface area contributed by atoms with Gasteiger partial charge >= 0.3 is 0 Å². The smallest absolute Gasteiger partial charge is 0.268 e. The zero-order chi connectivity index (χ0) is 24.5. The van der Waals surface area contributed by atoms with Crippen molar-refractivity contribution in [3.05, 3.63) is 95.0 Å². The van der Waals surface area contributed by atoms with Gasteiger partial charge in [0, 0.05) is 5.56 Å². The molecule has 4 aromatic rings. The third kappa shape index (κ3) is 6.67. The van der Waals surface area contributed by atoms with Crippen LogP contribution in [0.15, 0.2) is 84.4 Å². The van der Waals surface area contributed by atoms with E-state index < -0.39 is 5.91 Å². The van der Waals surface area contributed by atoms with Crippen LogP contribution in [0.3, 0.4) is 0 Å². The molecule has 1 aromatic heterocycles. The first-order chi connectivity index (χ1) is 17.1. The molecule has 7 nitrogen and oxygen atoms in total. The number of carbonyl (C=O) groups excluding carboxylic acids is 1. The topological polar surface area (TPSA) is 97.1 Å². The van der Waals surface area contributed by atoms with Crippen molar-refractivity contribution in [1.82, 2.24) is 10.2 Å². The molecule has 0 saturated carbocycles. The number of ether oxygens (including phenoxy) is 2. The maximum absolute atomic E-state index is 12.6. The summed E-state index contributed by atoms with van der Waals surface area (Å²) in [5, 5.41) is 21.7. The first-order valence-corrected chi connectivity index (χ1v) is 11.7. The number of nitriles is 1. The van der Waals surface area contributed by atoms with Crippen LogP contribution in [0, 0.1) is 11.3 Å². The molecule has 1 N–H and O–H groups in total. The van der Waals surface area contributed by atoms with E-state index in [9.17, 15) is 10.1 Å². The monoisotopic (exact) mass is 502 g/mol. The van der Waals surface area contributed by atoms with Gasteiger partial charge in [0.15, 0.2) is 0 Å². The summed E-state index contributed by atoms with van der Waals surface area (Å²) in [6.45, 7) is 0.667. The van der Waals surface area contributed by atoms with Crippen molar-refractivity contribution in [1.29, 1.82) is 5.26 Å². The second-order valence-electron chi connectivity index (χ2n) is 7.10. The Morgan fingerprint density at radius 3 is 2.43 bits per heavy atom. The van der Waals surface area contributed by atoms with E-state index in [-0.39, 0.29) is 5.57 Å². The highest BCUT2D eigenvalue weighted by Crippen LogP contribution is 2.26. The molecule has 0 unspecified atom stereocenters. The lowest BCUT2D eigenvalue weighted by Crippen LogP contribution is -2.13. The Hall–Kier alpha value is -4.19. The Morgan fingerprint density at radius 1 is 0.971 bits per heavy atom. The minimum absolute atomic E-state index is 0.0525. The number of amides is 1. The molecule has 174 valence electrons. The third-order valence-electron chi connectivity index (χ3n) is 4.67. The molecule has 0 aliphatic carbocycles. The number of nitrogens with one attached hydrogen (secondary N) is 1. The number of benzene rings is 3. The minimum Gasteiger partial charge on any atom is -0.490 e. The SMILES string of the molecule is N#CC(=Cc1ccc(OCCOc2ccccc2Cl)cc1)C(=O)Nc1nnc(-c2ccccc2)s1. The van der Waals surface area contributed by atoms with E-state index in [2.05, 4.69) is 15.5 Å². The van der Waals surface area contributed by atoms with E-state index in [0.717, 1.165) is 5.56 Å². The van der Waals surface area contributed by atoms with E-state index in [0.29, 0.717) is 45.4 Å². The van der Waals surface area contributed by atoms with Gasteiger partial charge in [0.05, 0.1) is 5.02 Å². The normalized spacial score (nSPS) is 10.9. The highest BCUT2D eigenvalue weighted by Gasteiger charge is 2.13. The van der Waals surface area contributed by atoms with Gasteiger partial charge in [-0.15, -0.1) is 10.2 Å². The molecule has 0 atom stereocenters. The first-order valence-electron chi connectivity index (χ1n) is 10.5. The van der Waals surface area contributed by atoms with Crippen LogP contribution >= 0.6 is 22.9 Å². The second kappa shape index (κ2) is 11.8. The molecule has 0 aliphatic heterocycles. The molecule has 0 saturated heterocycles. The lowest BCUT2D eigenvalue weighted by Gasteiger charge is -2.09. The van der Waals surface area contributed by atoms with Crippen LogP contribution in [0.1, 0.15) is 5.56 Å². The number of para-hydroxylation sites is 1. The van der Waals surface area contributed by atoms with Crippen molar-refractivity contribution < 1.29 is 14.3 Å². The average molecular weight is 503 g/mol. The summed E-state index contributed by atoms with van der Waals surface area (Å²) in [7, 11) is 0. The number of rotatable bonds is 9. The highest BCUT2D eigenvalue weighted by atomic mass is 35.5. The Labute approximate surface area is 211 Å². The average Bonchev–Trinajstić information content (AvgIpc) is 3.36. The van der Waals surface area contributed by atoms with E-state index in [1.165, 1.54) is 17.4 Å². The fourth-order valence-corrected chi connectivity index (χ4v) is 3.92. The van der Waals surface area contributed by atoms with Gasteiger partial charge in [-0.25, -0.2) is 0 Å². The summed E-state index contributed by atoms with van der Waals surface area (Å²) < 4.78 is 11.3. The molecule has 35 heavy (non-hydrogen) atoms. The van der Waals surface area contributed by atoms with Crippen molar-refractivity contribution in [2.45, 2.75) is 0 Å². The van der Waals surface area contributed by atoms with Crippen LogP contribution in [0.2, 0.25) is 5.02 Å². The number of aromatic nitrogens is 2. The zero-order valence-corrected chi connectivity index (χ0v) is 19.9. The largest absolute Gasteiger partial charge is 0.490 e. The lowest BCUT2D eigenvalue weighted by molar-refractivity contribution is -0.112. The predicted molar refractivity (Wildman–Crippen MR) is 136 cm³/mol. The van der Waals surface area contributed by atoms with Crippen molar-refractivity contribution in [3.8, 4) is 28.1 Å². The first kappa shape index (κ1) is 24.0. The van der Waals surface area contributed by atoms with Crippen molar-refractivity contribution in [2.24, 2.45) is 0 Å². The van der Waals surface area contributed by atoms with Crippen LogP contribution in [0.25, 0.3) is 16.6 Å². The highest BCUT2D eigenvalue weighted by molar-refractivity contribution is 7.18. The van der Waals surface area contributed by atoms with Gasteiger partial charge in [0.25, 0.3) is 5.91 Å². The third-order valence-corrected chi connectivity index (χ3v) is 5.87. The summed E-state index contributed by atoms with van der Waals surface area (Å²) in [4.78, 5) is 12.6. The molecule has 0 bridgehead atoms. The molecule has 1 amide bonds. The summed E-state index contributed by atoms with van der Waals surface area (Å²) in [6.07, 6.45) is 1.50. The fraction of sp³-hybridized carbons (Fsp3) is 0.0769. The molecule has 0 radical (unpaired) electrons. The van der Waals surface area contributed by atoms with Gasteiger partial charge in [-0.3, -0.25) is 10.1 Å². The molecule has 0 spiro atoms. The van der Waals surface area contributed by atoms with E-state index in [1.807, 2.05) is 48.5 Å².